The standard InChI is InChI=1S/C28H35NO2/c1-3-19-5-11-25(12-6-19)31-26(4-2)27(30)29-24-9-7-23(8-10-24)28-16-20-13-21(17-28)15-22(14-20)18-28/h5-12,20-22,26H,3-4,13-18H2,1-2H3,(H,29,30)/t20?,21?,22?,26-,28?/m1/s1. The molecule has 6 rings (SSSR count). The molecule has 1 atom stereocenters. The van der Waals surface area contributed by atoms with Crippen molar-refractivity contribution < 1.29 is 9.53 Å². The summed E-state index contributed by atoms with van der Waals surface area (Å²) in [5.41, 5.74) is 4.02. The van der Waals surface area contributed by atoms with Gasteiger partial charge < -0.3 is 10.1 Å². The lowest BCUT2D eigenvalue weighted by molar-refractivity contribution is -0.122. The second-order valence-electron chi connectivity index (χ2n) is 10.3. The second-order valence-corrected chi connectivity index (χ2v) is 10.3. The lowest BCUT2D eigenvalue weighted by atomic mass is 9.48. The average molecular weight is 418 g/mol. The van der Waals surface area contributed by atoms with Crippen LogP contribution in [-0.4, -0.2) is 12.0 Å². The number of carbonyl (C=O) groups is 1. The van der Waals surface area contributed by atoms with Crippen molar-refractivity contribution in [3.8, 4) is 5.75 Å². The maximum atomic E-state index is 12.8. The van der Waals surface area contributed by atoms with Gasteiger partial charge in [0, 0.05) is 5.69 Å². The van der Waals surface area contributed by atoms with Crippen molar-refractivity contribution in [2.24, 2.45) is 17.8 Å². The van der Waals surface area contributed by atoms with Crippen LogP contribution in [0.25, 0.3) is 0 Å². The van der Waals surface area contributed by atoms with Gasteiger partial charge in [-0.1, -0.05) is 38.1 Å². The molecule has 1 N–H and O–H groups in total. The van der Waals surface area contributed by atoms with E-state index in [0.29, 0.717) is 11.8 Å². The van der Waals surface area contributed by atoms with Gasteiger partial charge in [-0.15, -0.1) is 0 Å². The number of nitrogens with one attached hydrogen (secondary N) is 1. The molecule has 2 aromatic rings. The molecule has 4 aliphatic rings. The number of anilines is 1. The lowest BCUT2D eigenvalue weighted by Crippen LogP contribution is -2.48. The second kappa shape index (κ2) is 8.33. The summed E-state index contributed by atoms with van der Waals surface area (Å²) in [4.78, 5) is 12.8. The van der Waals surface area contributed by atoms with Gasteiger partial charge in [0.1, 0.15) is 5.75 Å². The summed E-state index contributed by atoms with van der Waals surface area (Å²) in [6, 6.07) is 16.8. The zero-order valence-electron chi connectivity index (χ0n) is 18.9. The van der Waals surface area contributed by atoms with Crippen molar-refractivity contribution in [3.05, 3.63) is 59.7 Å². The Morgan fingerprint density at radius 2 is 1.52 bits per heavy atom. The first-order valence-electron chi connectivity index (χ1n) is 12.2. The highest BCUT2D eigenvalue weighted by molar-refractivity contribution is 5.94. The van der Waals surface area contributed by atoms with Crippen LogP contribution >= 0.6 is 0 Å². The van der Waals surface area contributed by atoms with E-state index >= 15 is 0 Å². The largest absolute Gasteiger partial charge is 0.481 e. The van der Waals surface area contributed by atoms with E-state index in [1.54, 1.807) is 0 Å². The van der Waals surface area contributed by atoms with Crippen LogP contribution in [0.4, 0.5) is 5.69 Å². The molecule has 4 aliphatic carbocycles. The molecule has 4 saturated carbocycles. The minimum absolute atomic E-state index is 0.0791. The Hall–Kier alpha value is -2.29. The van der Waals surface area contributed by atoms with Gasteiger partial charge in [0.15, 0.2) is 6.10 Å². The van der Waals surface area contributed by atoms with Crippen LogP contribution in [0, 0.1) is 17.8 Å². The van der Waals surface area contributed by atoms with Crippen molar-refractivity contribution in [2.75, 3.05) is 5.32 Å². The van der Waals surface area contributed by atoms with Crippen LogP contribution in [0.1, 0.15) is 69.9 Å². The number of ether oxygens (including phenoxy) is 1. The summed E-state index contributed by atoms with van der Waals surface area (Å²) in [6.07, 6.45) is 9.64. The summed E-state index contributed by atoms with van der Waals surface area (Å²) >= 11 is 0. The number of rotatable bonds is 7. The molecule has 4 bridgehead atoms. The Morgan fingerprint density at radius 3 is 2.03 bits per heavy atom. The molecule has 0 aromatic heterocycles. The topological polar surface area (TPSA) is 38.3 Å². The maximum absolute atomic E-state index is 12.8. The first kappa shape index (κ1) is 20.6. The Kier molecular flexibility index (Phi) is 5.54. The maximum Gasteiger partial charge on any atom is 0.265 e. The molecule has 0 heterocycles. The van der Waals surface area contributed by atoms with E-state index in [9.17, 15) is 4.79 Å². The number of carbonyl (C=O) groups excluding carboxylic acids is 1. The predicted molar refractivity (Wildman–Crippen MR) is 125 cm³/mol. The molecule has 3 nitrogen and oxygen atoms in total. The molecular weight excluding hydrogens is 382 g/mol. The molecule has 0 unspecified atom stereocenters. The fraction of sp³-hybridized carbons (Fsp3) is 0.536. The van der Waals surface area contributed by atoms with Crippen LogP contribution in [0.3, 0.4) is 0 Å². The molecule has 0 radical (unpaired) electrons. The van der Waals surface area contributed by atoms with Crippen LogP contribution in [0.2, 0.25) is 0 Å². The molecule has 0 saturated heterocycles. The third-order valence-corrected chi connectivity index (χ3v) is 8.08. The third-order valence-electron chi connectivity index (χ3n) is 8.08. The Balaban J connectivity index is 1.24. The quantitative estimate of drug-likeness (QED) is 0.557. The average Bonchev–Trinajstić information content (AvgIpc) is 2.77. The van der Waals surface area contributed by atoms with Gasteiger partial charge in [-0.05, 0) is 110 Å². The summed E-state index contributed by atoms with van der Waals surface area (Å²) in [5, 5.41) is 3.07. The van der Waals surface area contributed by atoms with Crippen molar-refractivity contribution in [1.82, 2.24) is 0 Å². The molecular formula is C28H35NO2. The van der Waals surface area contributed by atoms with Gasteiger partial charge in [-0.25, -0.2) is 0 Å². The highest BCUT2D eigenvalue weighted by atomic mass is 16.5. The number of hydrogen-bond acceptors (Lipinski definition) is 2. The summed E-state index contributed by atoms with van der Waals surface area (Å²) in [7, 11) is 0. The van der Waals surface area contributed by atoms with E-state index in [1.807, 2.05) is 19.1 Å². The number of amides is 1. The summed E-state index contributed by atoms with van der Waals surface area (Å²) < 4.78 is 5.97. The summed E-state index contributed by atoms with van der Waals surface area (Å²) in [6.45, 7) is 4.12. The predicted octanol–water partition coefficient (Wildman–Crippen LogP) is 6.51. The van der Waals surface area contributed by atoms with Crippen molar-refractivity contribution in [2.45, 2.75) is 76.7 Å². The van der Waals surface area contributed by atoms with Gasteiger partial charge >= 0.3 is 0 Å². The van der Waals surface area contributed by atoms with E-state index in [4.69, 9.17) is 4.74 Å². The molecule has 164 valence electrons. The fourth-order valence-corrected chi connectivity index (χ4v) is 6.88. The van der Waals surface area contributed by atoms with Gasteiger partial charge in [-0.3, -0.25) is 4.79 Å². The van der Waals surface area contributed by atoms with Gasteiger partial charge in [-0.2, -0.15) is 0 Å². The van der Waals surface area contributed by atoms with E-state index in [0.717, 1.165) is 35.6 Å². The normalized spacial score (nSPS) is 29.5. The molecule has 0 aliphatic heterocycles. The Labute approximate surface area is 186 Å². The monoisotopic (exact) mass is 417 g/mol. The number of aryl methyl sites for hydroxylation is 1. The van der Waals surface area contributed by atoms with Gasteiger partial charge in [0.2, 0.25) is 0 Å². The molecule has 31 heavy (non-hydrogen) atoms. The van der Waals surface area contributed by atoms with E-state index in [1.165, 1.54) is 49.7 Å². The van der Waals surface area contributed by atoms with Crippen molar-refractivity contribution in [3.63, 3.8) is 0 Å². The van der Waals surface area contributed by atoms with E-state index < -0.39 is 6.10 Å². The minimum atomic E-state index is -0.490. The van der Waals surface area contributed by atoms with Crippen LogP contribution in [-0.2, 0) is 16.6 Å². The first-order valence-corrected chi connectivity index (χ1v) is 12.2. The SMILES string of the molecule is CCc1ccc(O[C@H](CC)C(=O)Nc2ccc(C34CC5CC(CC(C5)C3)C4)cc2)cc1. The molecule has 4 fully saturated rings. The Morgan fingerprint density at radius 1 is 0.935 bits per heavy atom. The van der Waals surface area contributed by atoms with E-state index in [2.05, 4.69) is 48.6 Å². The zero-order valence-corrected chi connectivity index (χ0v) is 18.9. The lowest BCUT2D eigenvalue weighted by Gasteiger charge is -2.57. The molecule has 3 heteroatoms. The van der Waals surface area contributed by atoms with Gasteiger partial charge in [0.05, 0.1) is 0 Å². The fourth-order valence-electron chi connectivity index (χ4n) is 6.88. The third kappa shape index (κ3) is 4.12. The summed E-state index contributed by atoms with van der Waals surface area (Å²) in [5.74, 6) is 3.50. The highest BCUT2D eigenvalue weighted by Crippen LogP contribution is 2.60. The molecule has 1 amide bonds. The van der Waals surface area contributed by atoms with Crippen LogP contribution in [0.5, 0.6) is 5.75 Å². The Bertz CT molecular complexity index is 880. The van der Waals surface area contributed by atoms with Crippen molar-refractivity contribution in [1.29, 1.82) is 0 Å². The zero-order chi connectivity index (χ0) is 21.4. The number of benzene rings is 2. The van der Waals surface area contributed by atoms with Crippen LogP contribution in [0.15, 0.2) is 48.5 Å². The van der Waals surface area contributed by atoms with Crippen LogP contribution < -0.4 is 10.1 Å². The first-order chi connectivity index (χ1) is 15.1. The molecule has 0 spiro atoms. The minimum Gasteiger partial charge on any atom is -0.481 e. The molecule has 2 aromatic carbocycles. The smallest absolute Gasteiger partial charge is 0.265 e. The van der Waals surface area contributed by atoms with Crippen molar-refractivity contribution >= 4 is 11.6 Å². The van der Waals surface area contributed by atoms with E-state index in [-0.39, 0.29) is 5.91 Å². The number of hydrogen-bond donors (Lipinski definition) is 1. The van der Waals surface area contributed by atoms with Gasteiger partial charge in [0.25, 0.3) is 5.91 Å². The highest BCUT2D eigenvalue weighted by Gasteiger charge is 2.51.